The fourth-order valence-corrected chi connectivity index (χ4v) is 1.14. The second-order valence-electron chi connectivity index (χ2n) is 3.23. The van der Waals surface area contributed by atoms with Crippen molar-refractivity contribution < 1.29 is 4.84 Å². The average molecular weight is 192 g/mol. The van der Waals surface area contributed by atoms with Crippen molar-refractivity contribution in [1.29, 1.82) is 0 Å². The first-order valence-corrected chi connectivity index (χ1v) is 4.41. The quantitative estimate of drug-likeness (QED) is 0.737. The van der Waals surface area contributed by atoms with E-state index in [0.29, 0.717) is 0 Å². The van der Waals surface area contributed by atoms with Crippen molar-refractivity contribution in [2.45, 2.75) is 0 Å². The van der Waals surface area contributed by atoms with Crippen molar-refractivity contribution in [1.82, 2.24) is 5.48 Å². The van der Waals surface area contributed by atoms with E-state index in [4.69, 9.17) is 4.84 Å². The summed E-state index contributed by atoms with van der Waals surface area (Å²) in [4.78, 5) is 6.83. The molecule has 0 bridgehead atoms. The van der Waals surface area contributed by atoms with E-state index in [1.807, 2.05) is 38.4 Å². The highest BCUT2D eigenvalue weighted by atomic mass is 16.6. The zero-order chi connectivity index (χ0) is 10.6. The number of hydrogen-bond acceptors (Lipinski definition) is 3. The molecule has 0 unspecified atom stereocenters. The third-order valence-corrected chi connectivity index (χ3v) is 1.96. The van der Waals surface area contributed by atoms with Crippen LogP contribution in [0.15, 0.2) is 30.8 Å². The molecule has 0 spiro atoms. The van der Waals surface area contributed by atoms with Gasteiger partial charge in [-0.2, -0.15) is 0 Å². The van der Waals surface area contributed by atoms with E-state index >= 15 is 0 Å². The van der Waals surface area contributed by atoms with Crippen LogP contribution in [0, 0.1) is 0 Å². The molecule has 1 aromatic rings. The van der Waals surface area contributed by atoms with Crippen LogP contribution in [0.5, 0.6) is 0 Å². The summed E-state index contributed by atoms with van der Waals surface area (Å²) < 4.78 is 0. The van der Waals surface area contributed by atoms with E-state index in [2.05, 4.69) is 17.0 Å². The number of anilines is 1. The Hall–Kier alpha value is -1.48. The average Bonchev–Trinajstić information content (AvgIpc) is 2.18. The smallest absolute Gasteiger partial charge is 0.0636 e. The van der Waals surface area contributed by atoms with Crippen LogP contribution in [0.25, 0.3) is 5.70 Å². The van der Waals surface area contributed by atoms with Crippen LogP contribution in [0.4, 0.5) is 5.69 Å². The Morgan fingerprint density at radius 3 is 2.29 bits per heavy atom. The molecule has 0 saturated carbocycles. The molecular formula is C11H16N2O. The van der Waals surface area contributed by atoms with Crippen LogP contribution in [0.2, 0.25) is 0 Å². The van der Waals surface area contributed by atoms with Crippen LogP contribution < -0.4 is 10.4 Å². The zero-order valence-electron chi connectivity index (χ0n) is 8.87. The molecule has 0 saturated heterocycles. The Balaban J connectivity index is 2.78. The van der Waals surface area contributed by atoms with Crippen LogP contribution in [-0.2, 0) is 4.84 Å². The highest BCUT2D eigenvalue weighted by molar-refractivity contribution is 5.63. The van der Waals surface area contributed by atoms with Crippen molar-refractivity contribution in [2.75, 3.05) is 26.1 Å². The van der Waals surface area contributed by atoms with Crippen molar-refractivity contribution >= 4 is 11.4 Å². The Bertz CT molecular complexity index is 304. The molecule has 1 rings (SSSR count). The minimum Gasteiger partial charge on any atom is -0.378 e. The molecule has 0 amide bonds. The standard InChI is InChI=1S/C11H16N2O/c1-9(12-14-4)10-5-7-11(8-6-10)13(2)3/h5-8,12H,1H2,2-4H3. The number of rotatable bonds is 4. The summed E-state index contributed by atoms with van der Waals surface area (Å²) in [5, 5.41) is 0. The molecule has 0 aliphatic heterocycles. The van der Waals surface area contributed by atoms with E-state index in [-0.39, 0.29) is 0 Å². The summed E-state index contributed by atoms with van der Waals surface area (Å²) >= 11 is 0. The van der Waals surface area contributed by atoms with E-state index in [0.717, 1.165) is 11.3 Å². The van der Waals surface area contributed by atoms with Gasteiger partial charge in [0, 0.05) is 19.8 Å². The fourth-order valence-electron chi connectivity index (χ4n) is 1.14. The van der Waals surface area contributed by atoms with E-state index in [1.165, 1.54) is 5.69 Å². The fraction of sp³-hybridized carbons (Fsp3) is 0.273. The van der Waals surface area contributed by atoms with Gasteiger partial charge in [0.1, 0.15) is 0 Å². The first kappa shape index (κ1) is 10.6. The van der Waals surface area contributed by atoms with Crippen LogP contribution in [-0.4, -0.2) is 21.2 Å². The third-order valence-electron chi connectivity index (χ3n) is 1.96. The van der Waals surface area contributed by atoms with Crippen LogP contribution in [0.1, 0.15) is 5.56 Å². The van der Waals surface area contributed by atoms with E-state index in [1.54, 1.807) is 7.11 Å². The first-order valence-electron chi connectivity index (χ1n) is 4.41. The SMILES string of the molecule is C=C(NOC)c1ccc(N(C)C)cc1. The van der Waals surface area contributed by atoms with Gasteiger partial charge in [0.15, 0.2) is 0 Å². The molecule has 0 atom stereocenters. The molecule has 1 N–H and O–H groups in total. The molecule has 3 nitrogen and oxygen atoms in total. The summed E-state index contributed by atoms with van der Waals surface area (Å²) in [6, 6.07) is 8.09. The number of nitrogens with one attached hydrogen (secondary N) is 1. The molecule has 3 heteroatoms. The molecule has 0 heterocycles. The monoisotopic (exact) mass is 192 g/mol. The molecule has 0 aliphatic carbocycles. The number of hydrogen-bond donors (Lipinski definition) is 1. The van der Waals surface area contributed by atoms with E-state index < -0.39 is 0 Å². The summed E-state index contributed by atoms with van der Waals surface area (Å²) in [5.41, 5.74) is 5.66. The predicted molar refractivity (Wildman–Crippen MR) is 59.9 cm³/mol. The maximum absolute atomic E-state index is 4.78. The molecular weight excluding hydrogens is 176 g/mol. The van der Waals surface area contributed by atoms with Crippen molar-refractivity contribution in [2.24, 2.45) is 0 Å². The van der Waals surface area contributed by atoms with Gasteiger partial charge in [0.05, 0.1) is 12.8 Å². The highest BCUT2D eigenvalue weighted by Gasteiger charge is 1.98. The zero-order valence-corrected chi connectivity index (χ0v) is 8.87. The lowest BCUT2D eigenvalue weighted by Gasteiger charge is -2.13. The van der Waals surface area contributed by atoms with Crippen molar-refractivity contribution in [3.63, 3.8) is 0 Å². The summed E-state index contributed by atoms with van der Waals surface area (Å²) in [5.74, 6) is 0. The molecule has 14 heavy (non-hydrogen) atoms. The van der Waals surface area contributed by atoms with Gasteiger partial charge in [-0.25, -0.2) is 0 Å². The van der Waals surface area contributed by atoms with Gasteiger partial charge in [-0.05, 0) is 17.7 Å². The van der Waals surface area contributed by atoms with Gasteiger partial charge in [0.2, 0.25) is 0 Å². The predicted octanol–water partition coefficient (Wildman–Crippen LogP) is 1.87. The Morgan fingerprint density at radius 2 is 1.86 bits per heavy atom. The van der Waals surface area contributed by atoms with Crippen molar-refractivity contribution in [3.8, 4) is 0 Å². The molecule has 0 aromatic heterocycles. The maximum atomic E-state index is 4.78. The first-order chi connectivity index (χ1) is 6.65. The normalized spacial score (nSPS) is 9.64. The number of nitrogens with zero attached hydrogens (tertiary/aromatic N) is 1. The molecule has 0 fully saturated rings. The van der Waals surface area contributed by atoms with Gasteiger partial charge >= 0.3 is 0 Å². The minimum atomic E-state index is 0.762. The summed E-state index contributed by atoms with van der Waals surface area (Å²) in [7, 11) is 5.59. The van der Waals surface area contributed by atoms with Gasteiger partial charge in [-0.15, -0.1) is 0 Å². The number of hydroxylamine groups is 1. The molecule has 0 radical (unpaired) electrons. The summed E-state index contributed by atoms with van der Waals surface area (Å²) in [6.45, 7) is 3.84. The lowest BCUT2D eigenvalue weighted by molar-refractivity contribution is 0.137. The lowest BCUT2D eigenvalue weighted by atomic mass is 10.1. The van der Waals surface area contributed by atoms with Gasteiger partial charge in [-0.1, -0.05) is 18.7 Å². The van der Waals surface area contributed by atoms with E-state index in [9.17, 15) is 0 Å². The second kappa shape index (κ2) is 4.67. The van der Waals surface area contributed by atoms with Gasteiger partial charge in [-0.3, -0.25) is 10.3 Å². The Kier molecular flexibility index (Phi) is 3.54. The summed E-state index contributed by atoms with van der Waals surface area (Å²) in [6.07, 6.45) is 0. The largest absolute Gasteiger partial charge is 0.378 e. The molecule has 0 aliphatic rings. The second-order valence-corrected chi connectivity index (χ2v) is 3.23. The lowest BCUT2D eigenvalue weighted by Crippen LogP contribution is -2.10. The highest BCUT2D eigenvalue weighted by Crippen LogP contribution is 2.15. The minimum absolute atomic E-state index is 0.762. The van der Waals surface area contributed by atoms with Gasteiger partial charge in [0.25, 0.3) is 0 Å². The Labute approximate surface area is 84.9 Å². The van der Waals surface area contributed by atoms with Crippen molar-refractivity contribution in [3.05, 3.63) is 36.4 Å². The number of benzene rings is 1. The molecule has 1 aromatic carbocycles. The molecule has 76 valence electrons. The third kappa shape index (κ3) is 2.50. The maximum Gasteiger partial charge on any atom is 0.0636 e. The van der Waals surface area contributed by atoms with Crippen LogP contribution in [0.3, 0.4) is 0 Å². The van der Waals surface area contributed by atoms with Gasteiger partial charge < -0.3 is 4.90 Å². The van der Waals surface area contributed by atoms with Crippen LogP contribution >= 0.6 is 0 Å². The topological polar surface area (TPSA) is 24.5 Å². The Morgan fingerprint density at radius 1 is 1.29 bits per heavy atom.